The minimum absolute atomic E-state index is 0.448. The molecule has 0 aliphatic heterocycles. The van der Waals surface area contributed by atoms with E-state index in [0.717, 1.165) is 22.6 Å². The van der Waals surface area contributed by atoms with Crippen molar-refractivity contribution in [3.63, 3.8) is 0 Å². The maximum atomic E-state index is 10.2. The number of aliphatic hydroxyl groups excluding tert-OH is 1. The Morgan fingerprint density at radius 2 is 1.94 bits per heavy atom. The first-order valence-electron chi connectivity index (χ1n) is 6.05. The average molecular weight is 253 g/mol. The minimum atomic E-state index is -0.610. The zero-order chi connectivity index (χ0) is 13.9. The molecule has 1 aromatic heterocycles. The third-order valence-corrected chi connectivity index (χ3v) is 3.47. The SMILES string of the molecule is COc1c(C)cnc(CC(O)C(C)(C)OC)c1C. The van der Waals surface area contributed by atoms with Crippen molar-refractivity contribution in [3.05, 3.63) is 23.0 Å². The second-order valence-corrected chi connectivity index (χ2v) is 5.07. The zero-order valence-electron chi connectivity index (χ0n) is 12.1. The van der Waals surface area contributed by atoms with E-state index in [1.54, 1.807) is 20.4 Å². The minimum Gasteiger partial charge on any atom is -0.496 e. The Balaban J connectivity index is 2.99. The summed E-state index contributed by atoms with van der Waals surface area (Å²) in [4.78, 5) is 4.38. The van der Waals surface area contributed by atoms with Crippen LogP contribution >= 0.6 is 0 Å². The van der Waals surface area contributed by atoms with Crippen LogP contribution in [0.1, 0.15) is 30.7 Å². The van der Waals surface area contributed by atoms with Crippen molar-refractivity contribution >= 4 is 0 Å². The van der Waals surface area contributed by atoms with Crippen LogP contribution in [0, 0.1) is 13.8 Å². The first-order valence-corrected chi connectivity index (χ1v) is 6.05. The molecule has 18 heavy (non-hydrogen) atoms. The van der Waals surface area contributed by atoms with Crippen molar-refractivity contribution < 1.29 is 14.6 Å². The van der Waals surface area contributed by atoms with E-state index in [0.29, 0.717) is 6.42 Å². The summed E-state index contributed by atoms with van der Waals surface area (Å²) in [6.07, 6.45) is 1.61. The third kappa shape index (κ3) is 3.00. The van der Waals surface area contributed by atoms with Gasteiger partial charge in [0.05, 0.1) is 18.8 Å². The number of nitrogens with zero attached hydrogens (tertiary/aromatic N) is 1. The van der Waals surface area contributed by atoms with E-state index < -0.39 is 11.7 Å². The Bertz CT molecular complexity index is 416. The van der Waals surface area contributed by atoms with Gasteiger partial charge in [-0.2, -0.15) is 0 Å². The van der Waals surface area contributed by atoms with E-state index in [4.69, 9.17) is 9.47 Å². The van der Waals surface area contributed by atoms with Gasteiger partial charge in [-0.25, -0.2) is 0 Å². The highest BCUT2D eigenvalue weighted by molar-refractivity contribution is 5.41. The largest absolute Gasteiger partial charge is 0.496 e. The Morgan fingerprint density at radius 1 is 1.33 bits per heavy atom. The summed E-state index contributed by atoms with van der Waals surface area (Å²) < 4.78 is 10.6. The Morgan fingerprint density at radius 3 is 2.44 bits per heavy atom. The van der Waals surface area contributed by atoms with Crippen molar-refractivity contribution in [1.29, 1.82) is 0 Å². The van der Waals surface area contributed by atoms with Crippen molar-refractivity contribution in [2.45, 2.75) is 45.8 Å². The summed E-state index contributed by atoms with van der Waals surface area (Å²) in [5.41, 5.74) is 2.23. The number of hydrogen-bond donors (Lipinski definition) is 1. The van der Waals surface area contributed by atoms with E-state index in [1.807, 2.05) is 27.7 Å². The summed E-state index contributed by atoms with van der Waals surface area (Å²) in [5.74, 6) is 0.836. The molecule has 0 aliphatic rings. The monoisotopic (exact) mass is 253 g/mol. The van der Waals surface area contributed by atoms with Gasteiger partial charge in [-0.3, -0.25) is 4.98 Å². The molecule has 0 saturated carbocycles. The number of pyridine rings is 1. The highest BCUT2D eigenvalue weighted by Gasteiger charge is 2.28. The second kappa shape index (κ2) is 5.67. The fourth-order valence-electron chi connectivity index (χ4n) is 1.84. The van der Waals surface area contributed by atoms with Gasteiger partial charge in [0.25, 0.3) is 0 Å². The van der Waals surface area contributed by atoms with Gasteiger partial charge in [-0.15, -0.1) is 0 Å². The van der Waals surface area contributed by atoms with E-state index >= 15 is 0 Å². The summed E-state index contributed by atoms with van der Waals surface area (Å²) in [5, 5.41) is 10.2. The van der Waals surface area contributed by atoms with Gasteiger partial charge in [-0.1, -0.05) is 0 Å². The molecule has 0 bridgehead atoms. The summed E-state index contributed by atoms with van der Waals surface area (Å²) in [6.45, 7) is 7.63. The highest BCUT2D eigenvalue weighted by atomic mass is 16.5. The Labute approximate surface area is 109 Å². The molecule has 0 saturated heterocycles. The van der Waals surface area contributed by atoms with Gasteiger partial charge in [0.15, 0.2) is 0 Å². The van der Waals surface area contributed by atoms with E-state index in [-0.39, 0.29) is 0 Å². The van der Waals surface area contributed by atoms with Crippen LogP contribution in [0.25, 0.3) is 0 Å². The molecule has 1 atom stereocenters. The number of rotatable bonds is 5. The first kappa shape index (κ1) is 14.9. The van der Waals surface area contributed by atoms with Crippen molar-refractivity contribution in [2.24, 2.45) is 0 Å². The predicted octanol–water partition coefficient (Wildman–Crippen LogP) is 2.04. The Kier molecular flexibility index (Phi) is 4.71. The topological polar surface area (TPSA) is 51.6 Å². The zero-order valence-corrected chi connectivity index (χ0v) is 12.1. The average Bonchev–Trinajstić information content (AvgIpc) is 2.33. The number of ether oxygens (including phenoxy) is 2. The van der Waals surface area contributed by atoms with Crippen molar-refractivity contribution in [2.75, 3.05) is 14.2 Å². The molecule has 0 aliphatic carbocycles. The lowest BCUT2D eigenvalue weighted by Gasteiger charge is -2.29. The summed E-state index contributed by atoms with van der Waals surface area (Å²) >= 11 is 0. The number of aliphatic hydroxyl groups is 1. The number of methoxy groups -OCH3 is 2. The fraction of sp³-hybridized carbons (Fsp3) is 0.643. The number of aromatic nitrogens is 1. The smallest absolute Gasteiger partial charge is 0.128 e. The van der Waals surface area contributed by atoms with Crippen LogP contribution < -0.4 is 4.74 Å². The van der Waals surface area contributed by atoms with E-state index in [1.165, 1.54) is 0 Å². The molecule has 4 heteroatoms. The summed E-state index contributed by atoms with van der Waals surface area (Å²) in [7, 11) is 3.24. The van der Waals surface area contributed by atoms with Gasteiger partial charge < -0.3 is 14.6 Å². The predicted molar refractivity (Wildman–Crippen MR) is 71.1 cm³/mol. The van der Waals surface area contributed by atoms with Crippen LogP contribution in [0.15, 0.2) is 6.20 Å². The maximum Gasteiger partial charge on any atom is 0.128 e. The van der Waals surface area contributed by atoms with Crippen molar-refractivity contribution in [1.82, 2.24) is 4.98 Å². The molecule has 1 unspecified atom stereocenters. The molecule has 4 nitrogen and oxygen atoms in total. The van der Waals surface area contributed by atoms with Gasteiger partial charge in [0.1, 0.15) is 5.75 Å². The molecule has 0 amide bonds. The molecule has 102 valence electrons. The molecule has 1 N–H and O–H groups in total. The van der Waals surface area contributed by atoms with Crippen LogP contribution in [0.4, 0.5) is 0 Å². The molecule has 0 aromatic carbocycles. The molecule has 1 aromatic rings. The van der Waals surface area contributed by atoms with E-state index in [2.05, 4.69) is 4.98 Å². The highest BCUT2D eigenvalue weighted by Crippen LogP contribution is 2.26. The normalized spacial score (nSPS) is 13.5. The summed E-state index contributed by atoms with van der Waals surface area (Å²) in [6, 6.07) is 0. The van der Waals surface area contributed by atoms with Crippen LogP contribution in [0.3, 0.4) is 0 Å². The maximum absolute atomic E-state index is 10.2. The Hall–Kier alpha value is -1.13. The van der Waals surface area contributed by atoms with Crippen LogP contribution in [-0.2, 0) is 11.2 Å². The van der Waals surface area contributed by atoms with Crippen molar-refractivity contribution in [3.8, 4) is 5.75 Å². The molecule has 0 spiro atoms. The van der Waals surface area contributed by atoms with Gasteiger partial charge >= 0.3 is 0 Å². The fourth-order valence-corrected chi connectivity index (χ4v) is 1.84. The van der Waals surface area contributed by atoms with Gasteiger partial charge in [0.2, 0.25) is 0 Å². The van der Waals surface area contributed by atoms with Gasteiger partial charge in [-0.05, 0) is 27.7 Å². The number of hydrogen-bond acceptors (Lipinski definition) is 4. The molecule has 0 radical (unpaired) electrons. The lowest BCUT2D eigenvalue weighted by Crippen LogP contribution is -2.39. The van der Waals surface area contributed by atoms with Gasteiger partial charge in [0, 0.05) is 36.5 Å². The molecular formula is C14H23NO3. The lowest BCUT2D eigenvalue weighted by atomic mass is 9.95. The van der Waals surface area contributed by atoms with Crippen LogP contribution in [0.5, 0.6) is 5.75 Å². The molecule has 1 rings (SSSR count). The third-order valence-electron chi connectivity index (χ3n) is 3.47. The standard InChI is InChI=1S/C14H23NO3/c1-9-8-15-11(10(2)13(9)17-5)7-12(16)14(3,4)18-6/h8,12,16H,7H2,1-6H3. The second-order valence-electron chi connectivity index (χ2n) is 5.07. The van der Waals surface area contributed by atoms with Crippen LogP contribution in [-0.4, -0.2) is 36.0 Å². The molecule has 0 fully saturated rings. The first-order chi connectivity index (χ1) is 8.33. The van der Waals surface area contributed by atoms with E-state index in [9.17, 15) is 5.11 Å². The lowest BCUT2D eigenvalue weighted by molar-refractivity contribution is -0.0768. The van der Waals surface area contributed by atoms with Crippen LogP contribution in [0.2, 0.25) is 0 Å². The number of aryl methyl sites for hydroxylation is 1. The molecular weight excluding hydrogens is 230 g/mol. The molecule has 1 heterocycles. The quantitative estimate of drug-likeness (QED) is 0.872.